The van der Waals surface area contributed by atoms with Crippen molar-refractivity contribution in [1.82, 2.24) is 10.0 Å². The summed E-state index contributed by atoms with van der Waals surface area (Å²) in [6.45, 7) is 0.188. The van der Waals surface area contributed by atoms with Gasteiger partial charge in [0, 0.05) is 12.1 Å². The second-order valence-corrected chi connectivity index (χ2v) is 6.43. The lowest BCUT2D eigenvalue weighted by atomic mass is 10.2. The molecule has 1 amide bonds. The van der Waals surface area contributed by atoms with Crippen molar-refractivity contribution >= 4 is 15.9 Å². The highest BCUT2D eigenvalue weighted by molar-refractivity contribution is 7.89. The number of rotatable bonds is 5. The van der Waals surface area contributed by atoms with Gasteiger partial charge in [-0.05, 0) is 49.0 Å². The van der Waals surface area contributed by atoms with Gasteiger partial charge in [0.1, 0.15) is 5.82 Å². The van der Waals surface area contributed by atoms with E-state index in [0.717, 1.165) is 0 Å². The van der Waals surface area contributed by atoms with E-state index in [0.29, 0.717) is 11.1 Å². The number of sulfonamides is 1. The molecule has 0 aliphatic carbocycles. The first-order valence-corrected chi connectivity index (χ1v) is 7.97. The Bertz CT molecular complexity index is 774. The van der Waals surface area contributed by atoms with Crippen molar-refractivity contribution in [2.24, 2.45) is 0 Å². The van der Waals surface area contributed by atoms with E-state index in [9.17, 15) is 17.6 Å². The Labute approximate surface area is 128 Å². The van der Waals surface area contributed by atoms with Gasteiger partial charge in [-0.3, -0.25) is 4.79 Å². The second kappa shape index (κ2) is 6.67. The number of benzene rings is 2. The van der Waals surface area contributed by atoms with Gasteiger partial charge in [0.05, 0.1) is 4.90 Å². The lowest BCUT2D eigenvalue weighted by Crippen LogP contribution is -2.23. The van der Waals surface area contributed by atoms with Gasteiger partial charge in [-0.25, -0.2) is 17.5 Å². The lowest BCUT2D eigenvalue weighted by Gasteiger charge is -2.07. The van der Waals surface area contributed by atoms with Crippen LogP contribution in [0.3, 0.4) is 0 Å². The minimum atomic E-state index is -3.52. The molecule has 0 radical (unpaired) electrons. The fraction of sp³-hybridized carbons (Fsp3) is 0.133. The number of halogens is 1. The Kier molecular flexibility index (Phi) is 4.89. The van der Waals surface area contributed by atoms with Gasteiger partial charge in [0.15, 0.2) is 0 Å². The molecule has 0 spiro atoms. The van der Waals surface area contributed by atoms with Crippen molar-refractivity contribution < 1.29 is 17.6 Å². The van der Waals surface area contributed by atoms with Crippen molar-refractivity contribution in [3.8, 4) is 0 Å². The van der Waals surface area contributed by atoms with Crippen molar-refractivity contribution in [3.05, 3.63) is 65.5 Å². The zero-order valence-corrected chi connectivity index (χ0v) is 12.7. The Hall–Kier alpha value is -2.25. The second-order valence-electron chi connectivity index (χ2n) is 4.54. The SMILES string of the molecule is CNS(=O)(=O)c1ccc(C(=O)NCc2cccc(F)c2)cc1. The molecule has 0 aliphatic heterocycles. The lowest BCUT2D eigenvalue weighted by molar-refractivity contribution is 0.0950. The van der Waals surface area contributed by atoms with Crippen molar-refractivity contribution in [2.75, 3.05) is 7.05 Å². The third-order valence-corrected chi connectivity index (χ3v) is 4.47. The van der Waals surface area contributed by atoms with Gasteiger partial charge in [0.25, 0.3) is 5.91 Å². The average molecular weight is 322 g/mol. The van der Waals surface area contributed by atoms with E-state index < -0.39 is 10.0 Å². The van der Waals surface area contributed by atoms with Crippen LogP contribution in [0.4, 0.5) is 4.39 Å². The van der Waals surface area contributed by atoms with Crippen LogP contribution in [-0.4, -0.2) is 21.4 Å². The smallest absolute Gasteiger partial charge is 0.251 e. The van der Waals surface area contributed by atoms with Crippen LogP contribution in [0.15, 0.2) is 53.4 Å². The summed E-state index contributed by atoms with van der Waals surface area (Å²) in [7, 11) is -2.21. The normalized spacial score (nSPS) is 11.2. The predicted molar refractivity (Wildman–Crippen MR) is 80.3 cm³/mol. The van der Waals surface area contributed by atoms with Crippen molar-refractivity contribution in [3.63, 3.8) is 0 Å². The zero-order chi connectivity index (χ0) is 16.2. The van der Waals surface area contributed by atoms with Crippen LogP contribution in [0.2, 0.25) is 0 Å². The van der Waals surface area contributed by atoms with E-state index in [1.54, 1.807) is 12.1 Å². The molecule has 7 heteroatoms. The van der Waals surface area contributed by atoms with Crippen molar-refractivity contribution in [1.29, 1.82) is 0 Å². The predicted octanol–water partition coefficient (Wildman–Crippen LogP) is 1.66. The van der Waals surface area contributed by atoms with Gasteiger partial charge >= 0.3 is 0 Å². The molecule has 2 rings (SSSR count). The quantitative estimate of drug-likeness (QED) is 0.879. The molecule has 0 aliphatic rings. The standard InChI is InChI=1S/C15H15FN2O3S/c1-17-22(20,21)14-7-5-12(6-8-14)15(19)18-10-11-3-2-4-13(16)9-11/h2-9,17H,10H2,1H3,(H,18,19). The number of hydrogen-bond acceptors (Lipinski definition) is 3. The summed E-state index contributed by atoms with van der Waals surface area (Å²) in [6.07, 6.45) is 0. The first-order valence-electron chi connectivity index (χ1n) is 6.48. The molecule has 0 saturated carbocycles. The Morgan fingerprint density at radius 3 is 2.41 bits per heavy atom. The summed E-state index contributed by atoms with van der Waals surface area (Å²) in [6, 6.07) is 11.5. The minimum Gasteiger partial charge on any atom is -0.348 e. The molecule has 2 N–H and O–H groups in total. The fourth-order valence-corrected chi connectivity index (χ4v) is 2.56. The maximum Gasteiger partial charge on any atom is 0.251 e. The molecule has 0 unspecified atom stereocenters. The molecule has 5 nitrogen and oxygen atoms in total. The monoisotopic (exact) mass is 322 g/mol. The van der Waals surface area contributed by atoms with E-state index in [-0.39, 0.29) is 23.2 Å². The minimum absolute atomic E-state index is 0.0803. The van der Waals surface area contributed by atoms with Crippen LogP contribution in [0.25, 0.3) is 0 Å². The van der Waals surface area contributed by atoms with Gasteiger partial charge in [-0.1, -0.05) is 12.1 Å². The van der Waals surface area contributed by atoms with Crippen LogP contribution in [0.1, 0.15) is 15.9 Å². The molecule has 2 aromatic carbocycles. The number of hydrogen-bond donors (Lipinski definition) is 2. The Morgan fingerprint density at radius 1 is 1.14 bits per heavy atom. The summed E-state index contributed by atoms with van der Waals surface area (Å²) in [5.41, 5.74) is 0.967. The molecule has 22 heavy (non-hydrogen) atoms. The number of carbonyl (C=O) groups is 1. The van der Waals surface area contributed by atoms with Crippen LogP contribution in [0, 0.1) is 5.82 Å². The molecular weight excluding hydrogens is 307 g/mol. The maximum atomic E-state index is 13.0. The molecule has 0 atom stereocenters. The van der Waals surface area contributed by atoms with E-state index in [2.05, 4.69) is 10.0 Å². The van der Waals surface area contributed by atoms with Crippen LogP contribution in [0.5, 0.6) is 0 Å². The summed E-state index contributed by atoms with van der Waals surface area (Å²) in [5, 5.41) is 2.64. The third kappa shape index (κ3) is 3.90. The summed E-state index contributed by atoms with van der Waals surface area (Å²) in [4.78, 5) is 12.0. The largest absolute Gasteiger partial charge is 0.348 e. The highest BCUT2D eigenvalue weighted by Crippen LogP contribution is 2.10. The number of nitrogens with one attached hydrogen (secondary N) is 2. The van der Waals surface area contributed by atoms with Crippen LogP contribution >= 0.6 is 0 Å². The van der Waals surface area contributed by atoms with Gasteiger partial charge < -0.3 is 5.32 Å². The number of carbonyl (C=O) groups excluding carboxylic acids is 1. The molecule has 0 aromatic heterocycles. The van der Waals surface area contributed by atoms with Crippen molar-refractivity contribution in [2.45, 2.75) is 11.4 Å². The topological polar surface area (TPSA) is 75.3 Å². The summed E-state index contributed by atoms with van der Waals surface area (Å²) >= 11 is 0. The molecule has 0 bridgehead atoms. The fourth-order valence-electron chi connectivity index (χ4n) is 1.83. The average Bonchev–Trinajstić information content (AvgIpc) is 2.53. The molecule has 0 heterocycles. The Morgan fingerprint density at radius 2 is 1.82 bits per heavy atom. The van der Waals surface area contributed by atoms with E-state index >= 15 is 0 Å². The van der Waals surface area contributed by atoms with E-state index in [1.807, 2.05) is 0 Å². The van der Waals surface area contributed by atoms with Crippen LogP contribution in [-0.2, 0) is 16.6 Å². The molecule has 116 valence electrons. The summed E-state index contributed by atoms with van der Waals surface area (Å²) < 4.78 is 38.4. The van der Waals surface area contributed by atoms with E-state index in [4.69, 9.17) is 0 Å². The van der Waals surface area contributed by atoms with Gasteiger partial charge in [-0.2, -0.15) is 0 Å². The highest BCUT2D eigenvalue weighted by atomic mass is 32.2. The first kappa shape index (κ1) is 16.1. The van der Waals surface area contributed by atoms with E-state index in [1.165, 1.54) is 43.4 Å². The molecule has 0 saturated heterocycles. The molecule has 0 fully saturated rings. The maximum absolute atomic E-state index is 13.0. The zero-order valence-electron chi connectivity index (χ0n) is 11.8. The first-order chi connectivity index (χ1) is 10.4. The van der Waals surface area contributed by atoms with Crippen LogP contribution < -0.4 is 10.0 Å². The number of amides is 1. The van der Waals surface area contributed by atoms with Gasteiger partial charge in [0.2, 0.25) is 10.0 Å². The third-order valence-electron chi connectivity index (χ3n) is 3.04. The summed E-state index contributed by atoms with van der Waals surface area (Å²) in [5.74, 6) is -0.731. The molecule has 2 aromatic rings. The van der Waals surface area contributed by atoms with Gasteiger partial charge in [-0.15, -0.1) is 0 Å². The Balaban J connectivity index is 2.04. The molecular formula is C15H15FN2O3S. The highest BCUT2D eigenvalue weighted by Gasteiger charge is 2.12.